The molecule has 0 aliphatic carbocycles. The number of aryl methyl sites for hydroxylation is 1. The second-order valence-corrected chi connectivity index (χ2v) is 4.89. The van der Waals surface area contributed by atoms with Gasteiger partial charge in [-0.2, -0.15) is 0 Å². The molecule has 0 spiro atoms. The zero-order valence-electron chi connectivity index (χ0n) is 10.8. The van der Waals surface area contributed by atoms with Gasteiger partial charge < -0.3 is 14.6 Å². The smallest absolute Gasteiger partial charge is 0.109 e. The average Bonchev–Trinajstić information content (AvgIpc) is 2.57. The lowest BCUT2D eigenvalue weighted by atomic mass is 10.1. The lowest BCUT2D eigenvalue weighted by Crippen LogP contribution is -2.39. The fraction of sp³-hybridized carbons (Fsp3) is 0.750. The first-order chi connectivity index (χ1) is 7.42. The van der Waals surface area contributed by atoms with Gasteiger partial charge in [0.05, 0.1) is 5.60 Å². The number of aromatic nitrogens is 2. The highest BCUT2D eigenvalue weighted by atomic mass is 16.3. The van der Waals surface area contributed by atoms with E-state index in [2.05, 4.69) is 16.8 Å². The molecular formula is C12H23N3O. The summed E-state index contributed by atoms with van der Waals surface area (Å²) < 4.78 is 2.04. The molecule has 1 heterocycles. The summed E-state index contributed by atoms with van der Waals surface area (Å²) in [6.07, 6.45) is 4.70. The molecule has 4 nitrogen and oxygen atoms in total. The molecule has 0 aliphatic rings. The summed E-state index contributed by atoms with van der Waals surface area (Å²) in [5.41, 5.74) is -0.627. The van der Waals surface area contributed by atoms with Crippen LogP contribution in [-0.4, -0.2) is 44.8 Å². The molecule has 0 aliphatic heterocycles. The van der Waals surface area contributed by atoms with Gasteiger partial charge in [0.2, 0.25) is 0 Å². The fourth-order valence-corrected chi connectivity index (χ4v) is 1.79. The van der Waals surface area contributed by atoms with Gasteiger partial charge in [0.25, 0.3) is 0 Å². The molecule has 0 unspecified atom stereocenters. The van der Waals surface area contributed by atoms with Crippen molar-refractivity contribution in [2.75, 3.05) is 19.6 Å². The van der Waals surface area contributed by atoms with E-state index < -0.39 is 5.60 Å². The highest BCUT2D eigenvalue weighted by molar-refractivity contribution is 4.92. The Morgan fingerprint density at radius 1 is 1.50 bits per heavy atom. The lowest BCUT2D eigenvalue weighted by Gasteiger charge is -2.27. The summed E-state index contributed by atoms with van der Waals surface area (Å²) >= 11 is 0. The summed E-state index contributed by atoms with van der Waals surface area (Å²) in [5.74, 6) is 1.09. The number of nitrogens with zero attached hydrogens (tertiary/aromatic N) is 3. The van der Waals surface area contributed by atoms with Gasteiger partial charge in [-0.25, -0.2) is 4.98 Å². The van der Waals surface area contributed by atoms with Gasteiger partial charge in [0.15, 0.2) is 0 Å². The maximum absolute atomic E-state index is 9.77. The van der Waals surface area contributed by atoms with E-state index in [0.717, 1.165) is 25.3 Å². The first-order valence-electron chi connectivity index (χ1n) is 5.83. The topological polar surface area (TPSA) is 41.3 Å². The van der Waals surface area contributed by atoms with Crippen molar-refractivity contribution in [3.8, 4) is 0 Å². The minimum atomic E-state index is -0.627. The number of aliphatic hydroxyl groups is 1. The van der Waals surface area contributed by atoms with Crippen LogP contribution in [0.25, 0.3) is 0 Å². The summed E-state index contributed by atoms with van der Waals surface area (Å²) in [5, 5.41) is 9.77. The first kappa shape index (κ1) is 13.2. The molecule has 0 saturated heterocycles. The summed E-state index contributed by atoms with van der Waals surface area (Å²) in [4.78, 5) is 6.54. The van der Waals surface area contributed by atoms with Crippen molar-refractivity contribution in [2.24, 2.45) is 7.05 Å². The monoisotopic (exact) mass is 225 g/mol. The molecule has 0 radical (unpaired) electrons. The van der Waals surface area contributed by atoms with E-state index in [9.17, 15) is 5.11 Å². The fourth-order valence-electron chi connectivity index (χ4n) is 1.79. The van der Waals surface area contributed by atoms with Gasteiger partial charge in [0, 0.05) is 39.0 Å². The van der Waals surface area contributed by atoms with Crippen molar-refractivity contribution in [2.45, 2.75) is 32.8 Å². The Balaban J connectivity index is 2.43. The third kappa shape index (κ3) is 4.33. The van der Waals surface area contributed by atoms with Crippen LogP contribution in [0.1, 0.15) is 26.6 Å². The standard InChI is InChI=1S/C12H23N3O/c1-5-15(10-12(2,3)16)8-6-11-13-7-9-14(11)4/h7,9,16H,5-6,8,10H2,1-4H3. The predicted octanol–water partition coefficient (Wildman–Crippen LogP) is 1.06. The molecule has 1 aromatic rings. The van der Waals surface area contributed by atoms with Crippen LogP contribution in [0.4, 0.5) is 0 Å². The second kappa shape index (κ2) is 5.46. The van der Waals surface area contributed by atoms with Gasteiger partial charge in [-0.05, 0) is 20.4 Å². The Labute approximate surface area is 97.9 Å². The summed E-state index contributed by atoms with van der Waals surface area (Å²) in [7, 11) is 2.01. The number of rotatable bonds is 6. The van der Waals surface area contributed by atoms with Crippen molar-refractivity contribution >= 4 is 0 Å². The van der Waals surface area contributed by atoms with Crippen molar-refractivity contribution in [3.63, 3.8) is 0 Å². The van der Waals surface area contributed by atoms with Gasteiger partial charge >= 0.3 is 0 Å². The molecule has 0 aromatic carbocycles. The van der Waals surface area contributed by atoms with E-state index in [0.29, 0.717) is 6.54 Å². The maximum atomic E-state index is 9.77. The Morgan fingerprint density at radius 3 is 2.62 bits per heavy atom. The van der Waals surface area contributed by atoms with E-state index in [1.54, 1.807) is 0 Å². The minimum Gasteiger partial charge on any atom is -0.389 e. The quantitative estimate of drug-likeness (QED) is 0.787. The van der Waals surface area contributed by atoms with E-state index >= 15 is 0 Å². The van der Waals surface area contributed by atoms with Crippen molar-refractivity contribution < 1.29 is 5.11 Å². The minimum absolute atomic E-state index is 0.627. The number of hydrogen-bond acceptors (Lipinski definition) is 3. The maximum Gasteiger partial charge on any atom is 0.109 e. The van der Waals surface area contributed by atoms with Gasteiger partial charge in [0.1, 0.15) is 5.82 Å². The van der Waals surface area contributed by atoms with E-state index in [1.165, 1.54) is 0 Å². The molecule has 1 aromatic heterocycles. The highest BCUT2D eigenvalue weighted by Gasteiger charge is 2.17. The number of hydrogen-bond donors (Lipinski definition) is 1. The van der Waals surface area contributed by atoms with Crippen LogP contribution in [0, 0.1) is 0 Å². The summed E-state index contributed by atoms with van der Waals surface area (Å²) in [6.45, 7) is 8.39. The Bertz CT molecular complexity index is 314. The van der Waals surface area contributed by atoms with Gasteiger partial charge in [-0.1, -0.05) is 6.92 Å². The molecule has 0 saturated carbocycles. The normalized spacial score (nSPS) is 12.4. The van der Waals surface area contributed by atoms with Crippen LogP contribution >= 0.6 is 0 Å². The Hall–Kier alpha value is -0.870. The average molecular weight is 225 g/mol. The Kier molecular flexibility index (Phi) is 4.50. The van der Waals surface area contributed by atoms with Crippen LogP contribution in [0.2, 0.25) is 0 Å². The zero-order chi connectivity index (χ0) is 12.2. The molecule has 0 atom stereocenters. The molecule has 92 valence electrons. The van der Waals surface area contributed by atoms with E-state index in [-0.39, 0.29) is 0 Å². The third-order valence-corrected chi connectivity index (χ3v) is 2.63. The summed E-state index contributed by atoms with van der Waals surface area (Å²) in [6, 6.07) is 0. The van der Waals surface area contributed by atoms with Crippen LogP contribution in [0.3, 0.4) is 0 Å². The Morgan fingerprint density at radius 2 is 2.19 bits per heavy atom. The highest BCUT2D eigenvalue weighted by Crippen LogP contribution is 2.06. The molecule has 0 bridgehead atoms. The van der Waals surface area contributed by atoms with Gasteiger partial charge in [-0.3, -0.25) is 0 Å². The molecule has 4 heteroatoms. The van der Waals surface area contributed by atoms with E-state index in [1.807, 2.05) is 37.9 Å². The van der Waals surface area contributed by atoms with Crippen LogP contribution in [-0.2, 0) is 13.5 Å². The zero-order valence-corrected chi connectivity index (χ0v) is 10.8. The SMILES string of the molecule is CCN(CCc1nccn1C)CC(C)(C)O. The van der Waals surface area contributed by atoms with Gasteiger partial charge in [-0.15, -0.1) is 0 Å². The van der Waals surface area contributed by atoms with Crippen molar-refractivity contribution in [1.82, 2.24) is 14.5 Å². The second-order valence-electron chi connectivity index (χ2n) is 4.89. The molecule has 16 heavy (non-hydrogen) atoms. The number of likely N-dealkylation sites (N-methyl/N-ethyl adjacent to an activating group) is 1. The molecule has 0 fully saturated rings. The van der Waals surface area contributed by atoms with E-state index in [4.69, 9.17) is 0 Å². The van der Waals surface area contributed by atoms with Crippen molar-refractivity contribution in [3.05, 3.63) is 18.2 Å². The molecule has 1 rings (SSSR count). The molecule has 0 amide bonds. The van der Waals surface area contributed by atoms with Crippen LogP contribution in [0.15, 0.2) is 12.4 Å². The largest absolute Gasteiger partial charge is 0.389 e. The molecule has 1 N–H and O–H groups in total. The van der Waals surface area contributed by atoms with Crippen LogP contribution in [0.5, 0.6) is 0 Å². The van der Waals surface area contributed by atoms with Crippen molar-refractivity contribution in [1.29, 1.82) is 0 Å². The molecular weight excluding hydrogens is 202 g/mol. The first-order valence-corrected chi connectivity index (χ1v) is 5.83. The predicted molar refractivity (Wildman–Crippen MR) is 65.3 cm³/mol. The van der Waals surface area contributed by atoms with Crippen LogP contribution < -0.4 is 0 Å². The number of imidazole rings is 1. The third-order valence-electron chi connectivity index (χ3n) is 2.63. The lowest BCUT2D eigenvalue weighted by molar-refractivity contribution is 0.0380.